The first-order chi connectivity index (χ1) is 9.98. The summed E-state index contributed by atoms with van der Waals surface area (Å²) >= 11 is 3.80. The normalized spacial score (nSPS) is 15.7. The predicted octanol–water partition coefficient (Wildman–Crippen LogP) is 4.05. The van der Waals surface area contributed by atoms with Gasteiger partial charge in [0, 0.05) is 30.1 Å². The van der Waals surface area contributed by atoms with Crippen LogP contribution in [0.5, 0.6) is 11.5 Å². The maximum absolute atomic E-state index is 13.1. The molecular formula is C16H14FNO2S. The van der Waals surface area contributed by atoms with Crippen LogP contribution in [0.2, 0.25) is 0 Å². The average Bonchev–Trinajstić information content (AvgIpc) is 2.45. The van der Waals surface area contributed by atoms with E-state index in [0.717, 1.165) is 11.1 Å². The second kappa shape index (κ2) is 5.07. The van der Waals surface area contributed by atoms with Gasteiger partial charge in [0.25, 0.3) is 0 Å². The van der Waals surface area contributed by atoms with Crippen LogP contribution in [-0.2, 0) is 0 Å². The smallest absolute Gasteiger partial charge is 0.141 e. The predicted molar refractivity (Wildman–Crippen MR) is 82.0 cm³/mol. The van der Waals surface area contributed by atoms with E-state index < -0.39 is 5.60 Å². The lowest BCUT2D eigenvalue weighted by molar-refractivity contribution is 0.158. The van der Waals surface area contributed by atoms with Crippen molar-refractivity contribution in [1.82, 2.24) is 4.98 Å². The molecule has 0 saturated carbocycles. The Balaban J connectivity index is 2.15. The van der Waals surface area contributed by atoms with Gasteiger partial charge in [-0.3, -0.25) is 4.98 Å². The first kappa shape index (κ1) is 13.9. The quantitative estimate of drug-likeness (QED) is 0.671. The fourth-order valence-corrected chi connectivity index (χ4v) is 2.47. The van der Waals surface area contributed by atoms with Gasteiger partial charge < -0.3 is 8.92 Å². The number of hydrogen-bond donors (Lipinski definition) is 1. The Morgan fingerprint density at radius 1 is 1.24 bits per heavy atom. The van der Waals surface area contributed by atoms with Gasteiger partial charge in [0.1, 0.15) is 22.9 Å². The van der Waals surface area contributed by atoms with E-state index in [0.29, 0.717) is 17.2 Å². The third-order valence-electron chi connectivity index (χ3n) is 3.22. The van der Waals surface area contributed by atoms with E-state index >= 15 is 0 Å². The lowest BCUT2D eigenvalue weighted by Crippen LogP contribution is -2.29. The van der Waals surface area contributed by atoms with Crippen molar-refractivity contribution in [3.05, 3.63) is 59.7 Å². The van der Waals surface area contributed by atoms with Crippen LogP contribution >= 0.6 is 12.9 Å². The summed E-state index contributed by atoms with van der Waals surface area (Å²) in [6.45, 7) is 3.90. The summed E-state index contributed by atoms with van der Waals surface area (Å²) < 4.78 is 23.9. The molecular weight excluding hydrogens is 289 g/mol. The van der Waals surface area contributed by atoms with Crippen LogP contribution in [0.1, 0.15) is 25.1 Å². The second-order valence-corrected chi connectivity index (χ2v) is 5.56. The first-order valence-corrected chi connectivity index (χ1v) is 6.85. The van der Waals surface area contributed by atoms with Gasteiger partial charge in [-0.1, -0.05) is 0 Å². The lowest BCUT2D eigenvalue weighted by atomic mass is 9.92. The van der Waals surface area contributed by atoms with Crippen LogP contribution in [0, 0.1) is 5.82 Å². The molecule has 0 fully saturated rings. The molecule has 3 nitrogen and oxygen atoms in total. The monoisotopic (exact) mass is 303 g/mol. The van der Waals surface area contributed by atoms with Gasteiger partial charge in [0.05, 0.1) is 11.9 Å². The van der Waals surface area contributed by atoms with E-state index in [1.165, 1.54) is 12.3 Å². The topological polar surface area (TPSA) is 31.4 Å². The summed E-state index contributed by atoms with van der Waals surface area (Å²) in [4.78, 5) is 4.16. The fourth-order valence-electron chi connectivity index (χ4n) is 2.35. The van der Waals surface area contributed by atoms with Gasteiger partial charge in [-0.25, -0.2) is 4.39 Å². The summed E-state index contributed by atoms with van der Waals surface area (Å²) in [6.07, 6.45) is 3.19. The summed E-state index contributed by atoms with van der Waals surface area (Å²) in [5, 5.41) is 0. The summed E-state index contributed by atoms with van der Waals surface area (Å²) in [7, 11) is 0. The molecule has 108 valence electrons. The van der Waals surface area contributed by atoms with Crippen LogP contribution in [-0.4, -0.2) is 10.6 Å². The van der Waals surface area contributed by atoms with Crippen molar-refractivity contribution in [1.29, 1.82) is 0 Å². The Kier molecular flexibility index (Phi) is 3.37. The van der Waals surface area contributed by atoms with Gasteiger partial charge in [-0.2, -0.15) is 0 Å². The molecule has 1 aliphatic rings. The number of halogens is 1. The van der Waals surface area contributed by atoms with E-state index in [1.54, 1.807) is 18.2 Å². The summed E-state index contributed by atoms with van der Waals surface area (Å²) in [5.74, 6) is 0.932. The van der Waals surface area contributed by atoms with Gasteiger partial charge in [-0.05, 0) is 44.2 Å². The van der Waals surface area contributed by atoms with Crippen molar-refractivity contribution < 1.29 is 13.3 Å². The van der Waals surface area contributed by atoms with Crippen molar-refractivity contribution in [2.45, 2.75) is 19.4 Å². The van der Waals surface area contributed by atoms with Crippen LogP contribution < -0.4 is 8.92 Å². The number of benzene rings is 1. The SMILES string of the molecule is CC1(C)C=C(c2ccc(F)cn2)c2ccc(OS)cc2O1. The van der Waals surface area contributed by atoms with Crippen molar-refractivity contribution in [2.75, 3.05) is 0 Å². The molecule has 0 amide bonds. The van der Waals surface area contributed by atoms with Crippen molar-refractivity contribution in [3.63, 3.8) is 0 Å². The van der Waals surface area contributed by atoms with E-state index in [1.807, 2.05) is 26.0 Å². The maximum atomic E-state index is 13.1. The van der Waals surface area contributed by atoms with Crippen molar-refractivity contribution in [2.24, 2.45) is 0 Å². The molecule has 0 aliphatic carbocycles. The minimum Gasteiger partial charge on any atom is -0.483 e. The zero-order chi connectivity index (χ0) is 15.0. The molecule has 0 radical (unpaired) electrons. The summed E-state index contributed by atoms with van der Waals surface area (Å²) in [6, 6.07) is 8.52. The molecule has 0 saturated heterocycles. The Morgan fingerprint density at radius 3 is 2.71 bits per heavy atom. The molecule has 5 heteroatoms. The number of hydrogen-bond acceptors (Lipinski definition) is 4. The standard InChI is InChI=1S/C16H14FNO2S/c1-16(2)8-13(14-6-3-10(17)9-18-14)12-5-4-11(20-21)7-15(12)19-16/h3-9,21H,1-2H3. The molecule has 2 aromatic rings. The van der Waals surface area contributed by atoms with Crippen molar-refractivity contribution >= 4 is 18.5 Å². The van der Waals surface area contributed by atoms with Crippen LogP contribution in [0.4, 0.5) is 4.39 Å². The van der Waals surface area contributed by atoms with E-state index in [4.69, 9.17) is 8.92 Å². The molecule has 3 rings (SSSR count). The van der Waals surface area contributed by atoms with Crippen molar-refractivity contribution in [3.8, 4) is 11.5 Å². The highest BCUT2D eigenvalue weighted by atomic mass is 32.1. The molecule has 0 atom stereocenters. The Bertz CT molecular complexity index is 711. The Labute approximate surface area is 128 Å². The average molecular weight is 303 g/mol. The molecule has 2 heterocycles. The van der Waals surface area contributed by atoms with Gasteiger partial charge in [0.15, 0.2) is 0 Å². The lowest BCUT2D eigenvalue weighted by Gasteiger charge is -2.31. The zero-order valence-electron chi connectivity index (χ0n) is 11.6. The number of thiol groups is 1. The molecule has 0 unspecified atom stereocenters. The number of aromatic nitrogens is 1. The molecule has 1 aliphatic heterocycles. The molecule has 0 bridgehead atoms. The highest BCUT2D eigenvalue weighted by Gasteiger charge is 2.28. The Hall–Kier alpha value is -2.01. The van der Waals surface area contributed by atoms with Crippen LogP contribution in [0.15, 0.2) is 42.6 Å². The molecule has 21 heavy (non-hydrogen) atoms. The highest BCUT2D eigenvalue weighted by molar-refractivity contribution is 7.75. The number of rotatable bonds is 2. The van der Waals surface area contributed by atoms with Crippen LogP contribution in [0.3, 0.4) is 0 Å². The number of fused-ring (bicyclic) bond motifs is 1. The summed E-state index contributed by atoms with van der Waals surface area (Å²) in [5.41, 5.74) is 2.01. The van der Waals surface area contributed by atoms with Crippen LogP contribution in [0.25, 0.3) is 5.57 Å². The number of ether oxygens (including phenoxy) is 1. The number of nitrogens with zero attached hydrogens (tertiary/aromatic N) is 1. The molecule has 1 aromatic heterocycles. The minimum atomic E-state index is -0.492. The first-order valence-electron chi connectivity index (χ1n) is 6.48. The Morgan fingerprint density at radius 2 is 2.05 bits per heavy atom. The molecule has 0 spiro atoms. The van der Waals surface area contributed by atoms with Gasteiger partial charge >= 0.3 is 0 Å². The zero-order valence-corrected chi connectivity index (χ0v) is 12.5. The van der Waals surface area contributed by atoms with Gasteiger partial charge in [-0.15, -0.1) is 0 Å². The third kappa shape index (κ3) is 2.74. The second-order valence-electron chi connectivity index (χ2n) is 5.37. The third-order valence-corrected chi connectivity index (χ3v) is 3.43. The molecule has 1 aromatic carbocycles. The maximum Gasteiger partial charge on any atom is 0.141 e. The van der Waals surface area contributed by atoms with Gasteiger partial charge in [0.2, 0.25) is 0 Å². The number of pyridine rings is 1. The minimum absolute atomic E-state index is 0.357. The largest absolute Gasteiger partial charge is 0.483 e. The highest BCUT2D eigenvalue weighted by Crippen LogP contribution is 2.40. The fraction of sp³-hybridized carbons (Fsp3) is 0.188. The van der Waals surface area contributed by atoms with E-state index in [-0.39, 0.29) is 5.82 Å². The molecule has 0 N–H and O–H groups in total. The van der Waals surface area contributed by atoms with E-state index in [2.05, 4.69) is 17.9 Å². The van der Waals surface area contributed by atoms with E-state index in [9.17, 15) is 4.39 Å².